The molecule has 1 atom stereocenters. The zero-order valence-corrected chi connectivity index (χ0v) is 11.5. The van der Waals surface area contributed by atoms with Crippen LogP contribution < -0.4 is 15.0 Å². The lowest BCUT2D eigenvalue weighted by molar-refractivity contribution is 0.236. The molecule has 1 unspecified atom stereocenters. The van der Waals surface area contributed by atoms with Gasteiger partial charge in [-0.15, -0.1) is 0 Å². The number of anilines is 1. The molecule has 4 nitrogen and oxygen atoms in total. The fourth-order valence-electron chi connectivity index (χ4n) is 1.59. The van der Waals surface area contributed by atoms with E-state index < -0.39 is 5.54 Å². The van der Waals surface area contributed by atoms with Gasteiger partial charge in [0.2, 0.25) is 0 Å². The Labute approximate surface area is 109 Å². The lowest BCUT2D eigenvalue weighted by Crippen LogP contribution is -2.46. The summed E-state index contributed by atoms with van der Waals surface area (Å²) in [5.41, 5.74) is 0.428. The summed E-state index contributed by atoms with van der Waals surface area (Å²) < 4.78 is 5.69. The van der Waals surface area contributed by atoms with Gasteiger partial charge in [-0.3, -0.25) is 5.32 Å². The van der Waals surface area contributed by atoms with E-state index in [2.05, 4.69) is 11.4 Å². The number of nitriles is 1. The van der Waals surface area contributed by atoms with E-state index in [0.29, 0.717) is 6.61 Å². The molecule has 0 aliphatic carbocycles. The third kappa shape index (κ3) is 3.94. The number of hydrogen-bond acceptors (Lipinski definition) is 4. The highest BCUT2D eigenvalue weighted by molar-refractivity contribution is 5.49. The SMILES string of the molecule is CCNC(C)(C#N)COc1cccc(N(C)C)c1. The summed E-state index contributed by atoms with van der Waals surface area (Å²) in [6.07, 6.45) is 0. The van der Waals surface area contributed by atoms with Crippen molar-refractivity contribution in [1.82, 2.24) is 5.32 Å². The molecule has 0 amide bonds. The predicted octanol–water partition coefficient (Wildman–Crippen LogP) is 2.02. The van der Waals surface area contributed by atoms with Gasteiger partial charge in [-0.05, 0) is 25.6 Å². The van der Waals surface area contributed by atoms with Crippen LogP contribution in [0.25, 0.3) is 0 Å². The summed E-state index contributed by atoms with van der Waals surface area (Å²) in [6.45, 7) is 4.88. The second-order valence-electron chi connectivity index (χ2n) is 4.65. The molecule has 0 spiro atoms. The first-order valence-electron chi connectivity index (χ1n) is 6.07. The van der Waals surface area contributed by atoms with Crippen molar-refractivity contribution in [3.05, 3.63) is 24.3 Å². The minimum absolute atomic E-state index is 0.328. The summed E-state index contributed by atoms with van der Waals surface area (Å²) in [5, 5.41) is 12.3. The van der Waals surface area contributed by atoms with Crippen LogP contribution in [-0.4, -0.2) is 32.8 Å². The molecule has 1 rings (SSSR count). The van der Waals surface area contributed by atoms with E-state index in [1.54, 1.807) is 0 Å². The van der Waals surface area contributed by atoms with Crippen LogP contribution in [0, 0.1) is 11.3 Å². The van der Waals surface area contributed by atoms with Crippen LogP contribution in [0.3, 0.4) is 0 Å². The quantitative estimate of drug-likeness (QED) is 0.835. The van der Waals surface area contributed by atoms with Crippen LogP contribution in [0.5, 0.6) is 5.75 Å². The van der Waals surface area contributed by atoms with Gasteiger partial charge in [0.1, 0.15) is 17.9 Å². The maximum atomic E-state index is 9.14. The average molecular weight is 247 g/mol. The van der Waals surface area contributed by atoms with E-state index in [4.69, 9.17) is 10.00 Å². The van der Waals surface area contributed by atoms with E-state index >= 15 is 0 Å². The highest BCUT2D eigenvalue weighted by Gasteiger charge is 2.23. The van der Waals surface area contributed by atoms with Crippen molar-refractivity contribution in [1.29, 1.82) is 5.26 Å². The number of ether oxygens (including phenoxy) is 1. The van der Waals surface area contributed by atoms with Crippen molar-refractivity contribution in [3.63, 3.8) is 0 Å². The summed E-state index contributed by atoms with van der Waals surface area (Å²) in [4.78, 5) is 2.01. The number of hydrogen-bond donors (Lipinski definition) is 1. The van der Waals surface area contributed by atoms with Crippen LogP contribution in [-0.2, 0) is 0 Å². The van der Waals surface area contributed by atoms with Gasteiger partial charge < -0.3 is 9.64 Å². The molecular formula is C14H21N3O. The molecule has 0 aliphatic rings. The molecule has 0 saturated carbocycles. The molecule has 1 N–H and O–H groups in total. The smallest absolute Gasteiger partial charge is 0.138 e. The fraction of sp³-hybridized carbons (Fsp3) is 0.500. The second kappa shape index (κ2) is 6.27. The largest absolute Gasteiger partial charge is 0.490 e. The molecule has 0 heterocycles. The number of nitrogens with zero attached hydrogens (tertiary/aromatic N) is 2. The molecule has 0 bridgehead atoms. The Bertz CT molecular complexity index is 425. The Morgan fingerprint density at radius 2 is 2.17 bits per heavy atom. The molecule has 1 aromatic rings. The van der Waals surface area contributed by atoms with Gasteiger partial charge in [0.05, 0.1) is 6.07 Å². The third-order valence-electron chi connectivity index (χ3n) is 2.68. The standard InChI is InChI=1S/C14H21N3O/c1-5-16-14(2,10-15)11-18-13-8-6-7-12(9-13)17(3)4/h6-9,16H,5,11H2,1-4H3. The number of likely N-dealkylation sites (N-methyl/N-ethyl adjacent to an activating group) is 1. The summed E-state index contributed by atoms with van der Waals surface area (Å²) in [7, 11) is 3.97. The van der Waals surface area contributed by atoms with E-state index in [9.17, 15) is 0 Å². The molecule has 0 fully saturated rings. The zero-order valence-electron chi connectivity index (χ0n) is 11.5. The molecule has 0 aliphatic heterocycles. The molecule has 0 aromatic heterocycles. The molecule has 0 radical (unpaired) electrons. The Balaban J connectivity index is 2.68. The summed E-state index contributed by atoms with van der Waals surface area (Å²) in [5.74, 6) is 0.778. The van der Waals surface area contributed by atoms with Crippen LogP contribution >= 0.6 is 0 Å². The maximum Gasteiger partial charge on any atom is 0.138 e. The Hall–Kier alpha value is -1.73. The highest BCUT2D eigenvalue weighted by Crippen LogP contribution is 2.20. The van der Waals surface area contributed by atoms with Crippen molar-refractivity contribution in [2.45, 2.75) is 19.4 Å². The monoisotopic (exact) mass is 247 g/mol. The van der Waals surface area contributed by atoms with Gasteiger partial charge in [0, 0.05) is 25.8 Å². The Kier molecular flexibility index (Phi) is 4.99. The van der Waals surface area contributed by atoms with E-state index in [1.165, 1.54) is 0 Å². The first-order chi connectivity index (χ1) is 8.50. The molecule has 18 heavy (non-hydrogen) atoms. The topological polar surface area (TPSA) is 48.3 Å². The molecular weight excluding hydrogens is 226 g/mol. The lowest BCUT2D eigenvalue weighted by Gasteiger charge is -2.23. The number of nitrogens with one attached hydrogen (secondary N) is 1. The fourth-order valence-corrected chi connectivity index (χ4v) is 1.59. The predicted molar refractivity (Wildman–Crippen MR) is 74.0 cm³/mol. The first-order valence-corrected chi connectivity index (χ1v) is 6.07. The van der Waals surface area contributed by atoms with E-state index in [1.807, 2.05) is 57.1 Å². The van der Waals surface area contributed by atoms with E-state index in [0.717, 1.165) is 18.0 Å². The van der Waals surface area contributed by atoms with Crippen LogP contribution in [0.1, 0.15) is 13.8 Å². The lowest BCUT2D eigenvalue weighted by atomic mass is 10.1. The first kappa shape index (κ1) is 14.3. The number of rotatable bonds is 6. The van der Waals surface area contributed by atoms with Crippen molar-refractivity contribution in [3.8, 4) is 11.8 Å². The van der Waals surface area contributed by atoms with Gasteiger partial charge >= 0.3 is 0 Å². The summed E-state index contributed by atoms with van der Waals surface area (Å²) >= 11 is 0. The molecule has 4 heteroatoms. The Morgan fingerprint density at radius 1 is 1.44 bits per heavy atom. The van der Waals surface area contributed by atoms with Gasteiger partial charge in [-0.1, -0.05) is 13.0 Å². The minimum Gasteiger partial charge on any atom is -0.490 e. The van der Waals surface area contributed by atoms with Crippen LogP contribution in [0.4, 0.5) is 5.69 Å². The van der Waals surface area contributed by atoms with E-state index in [-0.39, 0.29) is 0 Å². The highest BCUT2D eigenvalue weighted by atomic mass is 16.5. The van der Waals surface area contributed by atoms with Gasteiger partial charge in [-0.2, -0.15) is 5.26 Å². The molecule has 98 valence electrons. The van der Waals surface area contributed by atoms with Crippen LogP contribution in [0.15, 0.2) is 24.3 Å². The summed E-state index contributed by atoms with van der Waals surface area (Å²) in [6, 6.07) is 10.1. The second-order valence-corrected chi connectivity index (χ2v) is 4.65. The minimum atomic E-state index is -0.650. The Morgan fingerprint density at radius 3 is 2.72 bits per heavy atom. The van der Waals surface area contributed by atoms with Crippen LogP contribution in [0.2, 0.25) is 0 Å². The van der Waals surface area contributed by atoms with Gasteiger partial charge in [0.15, 0.2) is 0 Å². The normalized spacial score (nSPS) is 13.5. The van der Waals surface area contributed by atoms with Crippen molar-refractivity contribution >= 4 is 5.69 Å². The molecule has 0 saturated heterocycles. The van der Waals surface area contributed by atoms with Gasteiger partial charge in [0.25, 0.3) is 0 Å². The third-order valence-corrected chi connectivity index (χ3v) is 2.68. The van der Waals surface area contributed by atoms with Crippen molar-refractivity contribution < 1.29 is 4.74 Å². The van der Waals surface area contributed by atoms with Gasteiger partial charge in [-0.25, -0.2) is 0 Å². The zero-order chi connectivity index (χ0) is 13.6. The van der Waals surface area contributed by atoms with Crippen molar-refractivity contribution in [2.75, 3.05) is 32.1 Å². The average Bonchev–Trinajstić information content (AvgIpc) is 2.37. The van der Waals surface area contributed by atoms with Crippen molar-refractivity contribution in [2.24, 2.45) is 0 Å². The number of benzene rings is 1. The maximum absolute atomic E-state index is 9.14. The molecule has 1 aromatic carbocycles.